The second-order valence-electron chi connectivity index (χ2n) is 7.04. The first-order valence-corrected chi connectivity index (χ1v) is 12.0. The zero-order valence-corrected chi connectivity index (χ0v) is 21.5. The standard InChI is InChI=1S/C20H38O3.Na.H2O4S.H/c1-3-5-7-9-11-13-15-17-19(21)23-20(22)18-16-14-12-10-8-6-4-2;;1-5(2,3)4;/h3-18H2,1-2H3;;(H2,1,2,3,4);/q;+1;;-1. The maximum absolute atomic E-state index is 11.6. The summed E-state index contributed by atoms with van der Waals surface area (Å²) in [5.41, 5.74) is 0. The molecule has 0 heterocycles. The van der Waals surface area contributed by atoms with E-state index >= 15 is 0 Å². The van der Waals surface area contributed by atoms with E-state index in [2.05, 4.69) is 13.8 Å². The molecule has 0 spiro atoms. The van der Waals surface area contributed by atoms with Gasteiger partial charge < -0.3 is 6.16 Å². The Balaban J connectivity index is -0.000000429. The molecular weight excluding hydrogens is 407 g/mol. The number of esters is 2. The summed E-state index contributed by atoms with van der Waals surface area (Å²) in [7, 11) is -4.67. The predicted octanol–water partition coefficient (Wildman–Crippen LogP) is 2.80. The van der Waals surface area contributed by atoms with Gasteiger partial charge in [0.2, 0.25) is 0 Å². The van der Waals surface area contributed by atoms with Crippen LogP contribution in [-0.4, -0.2) is 29.5 Å². The van der Waals surface area contributed by atoms with E-state index in [4.69, 9.17) is 22.3 Å². The first-order valence-electron chi connectivity index (χ1n) is 10.6. The number of ether oxygens (including phenoxy) is 1. The van der Waals surface area contributed by atoms with Crippen LogP contribution in [0, 0.1) is 0 Å². The van der Waals surface area contributed by atoms with Crippen molar-refractivity contribution in [2.75, 3.05) is 0 Å². The molecule has 0 aliphatic rings. The summed E-state index contributed by atoms with van der Waals surface area (Å²) in [6, 6.07) is 0. The Kier molecular flexibility index (Phi) is 28.2. The van der Waals surface area contributed by atoms with Crippen molar-refractivity contribution < 1.29 is 62.8 Å². The third-order valence-corrected chi connectivity index (χ3v) is 4.20. The molecule has 170 valence electrons. The minimum atomic E-state index is -4.67. The van der Waals surface area contributed by atoms with E-state index in [0.717, 1.165) is 25.7 Å². The molecule has 0 aliphatic heterocycles. The summed E-state index contributed by atoms with van der Waals surface area (Å²) in [5.74, 6) is -0.682. The Labute approximate surface area is 201 Å². The van der Waals surface area contributed by atoms with Crippen LogP contribution in [0.4, 0.5) is 0 Å². The van der Waals surface area contributed by atoms with Crippen molar-refractivity contribution >= 4 is 22.3 Å². The first kappa shape index (κ1) is 33.6. The van der Waals surface area contributed by atoms with Gasteiger partial charge in [0, 0.05) is 12.8 Å². The average Bonchev–Trinajstić information content (AvgIpc) is 2.58. The summed E-state index contributed by atoms with van der Waals surface area (Å²) in [6.45, 7) is 4.42. The number of hydrogen-bond donors (Lipinski definition) is 2. The molecule has 0 aliphatic carbocycles. The molecule has 7 nitrogen and oxygen atoms in total. The second kappa shape index (κ2) is 24.3. The Morgan fingerprint density at radius 2 is 0.897 bits per heavy atom. The van der Waals surface area contributed by atoms with Crippen LogP contribution in [0.25, 0.3) is 0 Å². The number of carbonyl (C=O) groups is 2. The maximum Gasteiger partial charge on any atom is 1.00 e. The van der Waals surface area contributed by atoms with Crippen molar-refractivity contribution in [3.63, 3.8) is 0 Å². The summed E-state index contributed by atoms with van der Waals surface area (Å²) in [6.07, 6.45) is 17.1. The van der Waals surface area contributed by atoms with Gasteiger partial charge >= 0.3 is 51.9 Å². The molecule has 0 aromatic rings. The molecule has 0 unspecified atom stereocenters. The van der Waals surface area contributed by atoms with E-state index in [-0.39, 0.29) is 42.9 Å². The van der Waals surface area contributed by atoms with E-state index in [1.165, 1.54) is 64.2 Å². The molecule has 9 heteroatoms. The molecule has 0 radical (unpaired) electrons. The monoisotopic (exact) mass is 448 g/mol. The Morgan fingerprint density at radius 3 is 1.17 bits per heavy atom. The van der Waals surface area contributed by atoms with Crippen LogP contribution < -0.4 is 29.6 Å². The smallest absolute Gasteiger partial charge is 1.00 e. The zero-order chi connectivity index (χ0) is 21.7. The largest absolute Gasteiger partial charge is 1.00 e. The van der Waals surface area contributed by atoms with Gasteiger partial charge in [-0.25, -0.2) is 0 Å². The topological polar surface area (TPSA) is 118 Å². The van der Waals surface area contributed by atoms with Gasteiger partial charge in [-0.1, -0.05) is 90.9 Å². The number of carbonyl (C=O) groups excluding carboxylic acids is 2. The normalized spacial score (nSPS) is 10.5. The number of hydrogen-bond acceptors (Lipinski definition) is 5. The van der Waals surface area contributed by atoms with E-state index in [9.17, 15) is 9.59 Å². The number of rotatable bonds is 16. The minimum absolute atomic E-state index is 0. The molecule has 0 rings (SSSR count). The molecule has 0 saturated carbocycles. The molecule has 0 atom stereocenters. The molecule has 0 fully saturated rings. The fourth-order valence-corrected chi connectivity index (χ4v) is 2.68. The van der Waals surface area contributed by atoms with Crippen molar-refractivity contribution in [3.8, 4) is 0 Å². The van der Waals surface area contributed by atoms with Crippen LogP contribution in [0.15, 0.2) is 0 Å². The molecule has 2 N–H and O–H groups in total. The van der Waals surface area contributed by atoms with E-state index in [1.54, 1.807) is 0 Å². The van der Waals surface area contributed by atoms with Crippen LogP contribution >= 0.6 is 0 Å². The van der Waals surface area contributed by atoms with Crippen molar-refractivity contribution in [3.05, 3.63) is 0 Å². The molecule has 0 aromatic carbocycles. The zero-order valence-electron chi connectivity index (χ0n) is 19.7. The van der Waals surface area contributed by atoms with E-state index < -0.39 is 10.4 Å². The average molecular weight is 449 g/mol. The maximum atomic E-state index is 11.6. The fourth-order valence-electron chi connectivity index (χ4n) is 2.68. The van der Waals surface area contributed by atoms with Crippen molar-refractivity contribution in [1.82, 2.24) is 0 Å². The summed E-state index contributed by atoms with van der Waals surface area (Å²) < 4.78 is 36.4. The van der Waals surface area contributed by atoms with E-state index in [1.807, 2.05) is 0 Å². The van der Waals surface area contributed by atoms with Gasteiger partial charge in [-0.3, -0.25) is 18.7 Å². The Bertz CT molecular complexity index is 452. The van der Waals surface area contributed by atoms with Gasteiger partial charge in [-0.15, -0.1) is 0 Å². The van der Waals surface area contributed by atoms with Crippen LogP contribution in [0.2, 0.25) is 0 Å². The second-order valence-corrected chi connectivity index (χ2v) is 7.93. The molecule has 0 bridgehead atoms. The van der Waals surface area contributed by atoms with Crippen LogP contribution in [0.1, 0.15) is 118 Å². The minimum Gasteiger partial charge on any atom is -1.00 e. The molecule has 0 amide bonds. The van der Waals surface area contributed by atoms with Gasteiger partial charge in [-0.2, -0.15) is 8.42 Å². The Hall–Kier alpha value is 0.01000. The van der Waals surface area contributed by atoms with Crippen LogP contribution in [0.3, 0.4) is 0 Å². The molecular formula is C20H41NaO7S. The first-order chi connectivity index (χ1) is 13.2. The SMILES string of the molecule is CCCCCCCCCC(=O)OC(=O)CCCCCCCCC.O=S(=O)(O)O.[H-].[Na+]. The fraction of sp³-hybridized carbons (Fsp3) is 0.900. The summed E-state index contributed by atoms with van der Waals surface area (Å²) in [5, 5.41) is 0. The third-order valence-electron chi connectivity index (χ3n) is 4.20. The van der Waals surface area contributed by atoms with E-state index in [0.29, 0.717) is 12.8 Å². The van der Waals surface area contributed by atoms with Gasteiger partial charge in [0.1, 0.15) is 0 Å². The van der Waals surface area contributed by atoms with Crippen LogP contribution in [-0.2, 0) is 24.7 Å². The van der Waals surface area contributed by atoms with Gasteiger partial charge in [0.25, 0.3) is 0 Å². The molecule has 29 heavy (non-hydrogen) atoms. The molecule has 0 saturated heterocycles. The quantitative estimate of drug-likeness (QED) is 0.123. The van der Waals surface area contributed by atoms with Crippen LogP contribution in [0.5, 0.6) is 0 Å². The van der Waals surface area contributed by atoms with Crippen molar-refractivity contribution in [1.29, 1.82) is 0 Å². The third kappa shape index (κ3) is 39.1. The summed E-state index contributed by atoms with van der Waals surface area (Å²) >= 11 is 0. The molecule has 0 aromatic heterocycles. The van der Waals surface area contributed by atoms with Gasteiger partial charge in [-0.05, 0) is 12.8 Å². The van der Waals surface area contributed by atoms with Crippen molar-refractivity contribution in [2.24, 2.45) is 0 Å². The Morgan fingerprint density at radius 1 is 0.655 bits per heavy atom. The van der Waals surface area contributed by atoms with Gasteiger partial charge in [0.05, 0.1) is 0 Å². The van der Waals surface area contributed by atoms with Crippen molar-refractivity contribution in [2.45, 2.75) is 117 Å². The number of unbranched alkanes of at least 4 members (excludes halogenated alkanes) is 12. The summed E-state index contributed by atoms with van der Waals surface area (Å²) in [4.78, 5) is 23.1. The predicted molar refractivity (Wildman–Crippen MR) is 112 cm³/mol. The van der Waals surface area contributed by atoms with Gasteiger partial charge in [0.15, 0.2) is 0 Å².